The molecule has 3 rings (SSSR count). The summed E-state index contributed by atoms with van der Waals surface area (Å²) >= 11 is 1.24. The van der Waals surface area contributed by atoms with Gasteiger partial charge in [0.1, 0.15) is 0 Å². The summed E-state index contributed by atoms with van der Waals surface area (Å²) in [5, 5.41) is 11.6. The molecule has 0 aliphatic rings. The molecule has 2 aromatic heterocycles. The first-order valence-corrected chi connectivity index (χ1v) is 9.71. The number of hydrogen-bond acceptors (Lipinski definition) is 6. The summed E-state index contributed by atoms with van der Waals surface area (Å²) in [6.45, 7) is 4.28. The summed E-state index contributed by atoms with van der Waals surface area (Å²) < 4.78 is 1.38. The average molecular weight is 382 g/mol. The van der Waals surface area contributed by atoms with Gasteiger partial charge in [-0.15, -0.1) is 10.2 Å². The minimum Gasteiger partial charge on any atom is -0.335 e. The molecule has 1 amide bonds. The van der Waals surface area contributed by atoms with E-state index >= 15 is 0 Å². The Morgan fingerprint density at radius 3 is 2.81 bits per heavy atom. The second-order valence-corrected chi connectivity index (χ2v) is 7.09. The van der Waals surface area contributed by atoms with Crippen LogP contribution >= 0.6 is 11.8 Å². The van der Waals surface area contributed by atoms with Crippen LogP contribution in [0.2, 0.25) is 0 Å². The lowest BCUT2D eigenvalue weighted by Crippen LogP contribution is -2.17. The van der Waals surface area contributed by atoms with Crippen LogP contribution in [0.4, 0.5) is 5.69 Å². The Bertz CT molecular complexity index is 912. The van der Waals surface area contributed by atoms with Crippen molar-refractivity contribution in [3.8, 4) is 11.4 Å². The first-order valence-electron chi connectivity index (χ1n) is 8.72. The van der Waals surface area contributed by atoms with E-state index in [9.17, 15) is 4.79 Å². The van der Waals surface area contributed by atoms with E-state index in [2.05, 4.69) is 34.3 Å². The van der Waals surface area contributed by atoms with Crippen LogP contribution in [0.3, 0.4) is 0 Å². The lowest BCUT2D eigenvalue weighted by atomic mass is 9.97. The molecular formula is C19H22N6OS. The fraction of sp³-hybridized carbons (Fsp3) is 0.263. The highest BCUT2D eigenvalue weighted by molar-refractivity contribution is 7.99. The summed E-state index contributed by atoms with van der Waals surface area (Å²) in [4.78, 5) is 16.5. The summed E-state index contributed by atoms with van der Waals surface area (Å²) in [7, 11) is 0. The van der Waals surface area contributed by atoms with Gasteiger partial charge in [-0.05, 0) is 36.1 Å². The molecule has 27 heavy (non-hydrogen) atoms. The lowest BCUT2D eigenvalue weighted by molar-refractivity contribution is -0.113. The number of para-hydroxylation sites is 1. The molecule has 0 unspecified atom stereocenters. The molecule has 140 valence electrons. The van der Waals surface area contributed by atoms with Gasteiger partial charge >= 0.3 is 0 Å². The Labute approximate surface area is 162 Å². The highest BCUT2D eigenvalue weighted by atomic mass is 32.2. The van der Waals surface area contributed by atoms with Crippen LogP contribution in [-0.2, 0) is 4.79 Å². The SMILES string of the molecule is CC[C@H](C)c1ccccc1NC(=O)CSc1nnc(-c2cccnc2)n1N. The van der Waals surface area contributed by atoms with E-state index in [1.165, 1.54) is 16.4 Å². The Hall–Kier alpha value is -2.87. The van der Waals surface area contributed by atoms with E-state index < -0.39 is 0 Å². The Balaban J connectivity index is 1.65. The maximum Gasteiger partial charge on any atom is 0.234 e. The van der Waals surface area contributed by atoms with Crippen molar-refractivity contribution in [2.45, 2.75) is 31.3 Å². The van der Waals surface area contributed by atoms with Crippen molar-refractivity contribution >= 4 is 23.4 Å². The number of hydrogen-bond donors (Lipinski definition) is 2. The maximum atomic E-state index is 12.4. The third-order valence-electron chi connectivity index (χ3n) is 4.29. The van der Waals surface area contributed by atoms with Gasteiger partial charge in [0.25, 0.3) is 0 Å². The highest BCUT2D eigenvalue weighted by Gasteiger charge is 2.15. The molecule has 0 fully saturated rings. The van der Waals surface area contributed by atoms with Crippen molar-refractivity contribution in [3.63, 3.8) is 0 Å². The zero-order valence-electron chi connectivity index (χ0n) is 15.3. The molecule has 2 heterocycles. The van der Waals surface area contributed by atoms with Gasteiger partial charge in [0, 0.05) is 23.6 Å². The van der Waals surface area contributed by atoms with Crippen molar-refractivity contribution in [1.82, 2.24) is 19.9 Å². The van der Waals surface area contributed by atoms with E-state index in [-0.39, 0.29) is 11.7 Å². The molecule has 3 N–H and O–H groups in total. The van der Waals surface area contributed by atoms with Crippen LogP contribution < -0.4 is 11.2 Å². The second kappa shape index (κ2) is 8.68. The maximum absolute atomic E-state index is 12.4. The third kappa shape index (κ3) is 4.46. The standard InChI is InChI=1S/C19H22N6OS/c1-3-13(2)15-8-4-5-9-16(15)22-17(26)12-27-19-24-23-18(25(19)20)14-7-6-10-21-11-14/h4-11,13H,3,12,20H2,1-2H3,(H,22,26)/t13-/m0/s1. The van der Waals surface area contributed by atoms with Crippen LogP contribution in [0, 0.1) is 0 Å². The molecule has 0 saturated heterocycles. The lowest BCUT2D eigenvalue weighted by Gasteiger charge is -2.15. The number of nitrogens with one attached hydrogen (secondary N) is 1. The van der Waals surface area contributed by atoms with Crippen molar-refractivity contribution in [1.29, 1.82) is 0 Å². The number of thioether (sulfide) groups is 1. The molecule has 0 saturated carbocycles. The number of nitrogens with two attached hydrogens (primary N) is 1. The van der Waals surface area contributed by atoms with Gasteiger partial charge in [-0.25, -0.2) is 4.68 Å². The van der Waals surface area contributed by atoms with Crippen molar-refractivity contribution < 1.29 is 4.79 Å². The van der Waals surface area contributed by atoms with Gasteiger partial charge in [-0.2, -0.15) is 0 Å². The molecule has 0 bridgehead atoms. The van der Waals surface area contributed by atoms with Gasteiger partial charge in [0.05, 0.1) is 5.75 Å². The molecule has 0 spiro atoms. The monoisotopic (exact) mass is 382 g/mol. The molecule has 0 radical (unpaired) electrons. The van der Waals surface area contributed by atoms with Gasteiger partial charge in [0.2, 0.25) is 11.1 Å². The number of aromatic nitrogens is 4. The number of nitrogen functional groups attached to an aromatic ring is 1. The third-order valence-corrected chi connectivity index (χ3v) is 5.24. The first kappa shape index (κ1) is 18.9. The van der Waals surface area contributed by atoms with Crippen LogP contribution in [0.5, 0.6) is 0 Å². The van der Waals surface area contributed by atoms with Crippen LogP contribution in [0.25, 0.3) is 11.4 Å². The number of benzene rings is 1. The number of carbonyl (C=O) groups is 1. The minimum atomic E-state index is -0.110. The topological polar surface area (TPSA) is 98.7 Å². The normalized spacial score (nSPS) is 11.9. The number of nitrogens with zero attached hydrogens (tertiary/aromatic N) is 4. The van der Waals surface area contributed by atoms with Crippen LogP contribution in [0.15, 0.2) is 53.9 Å². The summed E-state index contributed by atoms with van der Waals surface area (Å²) in [6, 6.07) is 11.5. The van der Waals surface area contributed by atoms with Crippen molar-refractivity contribution in [3.05, 3.63) is 54.4 Å². The number of anilines is 1. The van der Waals surface area contributed by atoms with Gasteiger partial charge in [-0.1, -0.05) is 43.8 Å². The van der Waals surface area contributed by atoms with E-state index in [0.29, 0.717) is 16.9 Å². The predicted octanol–water partition coefficient (Wildman–Crippen LogP) is 3.30. The number of carbonyl (C=O) groups excluding carboxylic acids is 1. The molecule has 0 aliphatic carbocycles. The molecular weight excluding hydrogens is 360 g/mol. The fourth-order valence-electron chi connectivity index (χ4n) is 2.64. The summed E-state index contributed by atoms with van der Waals surface area (Å²) in [5.74, 6) is 7.04. The number of amides is 1. The van der Waals surface area contributed by atoms with E-state index in [1.807, 2.05) is 30.3 Å². The number of pyridine rings is 1. The van der Waals surface area contributed by atoms with Gasteiger partial charge in [0.15, 0.2) is 5.82 Å². The highest BCUT2D eigenvalue weighted by Crippen LogP contribution is 2.27. The smallest absolute Gasteiger partial charge is 0.234 e. The van der Waals surface area contributed by atoms with Crippen LogP contribution in [0.1, 0.15) is 31.7 Å². The fourth-order valence-corrected chi connectivity index (χ4v) is 3.30. The summed E-state index contributed by atoms with van der Waals surface area (Å²) in [5.41, 5.74) is 2.76. The molecule has 1 atom stereocenters. The quantitative estimate of drug-likeness (QED) is 0.480. The zero-order valence-corrected chi connectivity index (χ0v) is 16.1. The van der Waals surface area contributed by atoms with Crippen molar-refractivity contribution in [2.24, 2.45) is 0 Å². The van der Waals surface area contributed by atoms with Crippen LogP contribution in [-0.4, -0.2) is 31.5 Å². The second-order valence-electron chi connectivity index (χ2n) is 6.15. The Morgan fingerprint density at radius 1 is 1.26 bits per heavy atom. The number of rotatable bonds is 7. The van der Waals surface area contributed by atoms with Crippen molar-refractivity contribution in [2.75, 3.05) is 16.9 Å². The Kier molecular flexibility index (Phi) is 6.08. The molecule has 1 aromatic carbocycles. The average Bonchev–Trinajstić information content (AvgIpc) is 3.07. The van der Waals surface area contributed by atoms with Gasteiger partial charge in [-0.3, -0.25) is 9.78 Å². The van der Waals surface area contributed by atoms with E-state index in [4.69, 9.17) is 5.84 Å². The van der Waals surface area contributed by atoms with E-state index in [1.54, 1.807) is 18.5 Å². The predicted molar refractivity (Wildman–Crippen MR) is 108 cm³/mol. The summed E-state index contributed by atoms with van der Waals surface area (Å²) in [6.07, 6.45) is 4.35. The zero-order chi connectivity index (χ0) is 19.2. The molecule has 7 nitrogen and oxygen atoms in total. The Morgan fingerprint density at radius 2 is 2.07 bits per heavy atom. The first-order chi connectivity index (χ1) is 13.1. The largest absolute Gasteiger partial charge is 0.335 e. The molecule has 3 aromatic rings. The molecule has 0 aliphatic heterocycles. The minimum absolute atomic E-state index is 0.110. The van der Waals surface area contributed by atoms with Gasteiger partial charge < -0.3 is 11.2 Å². The van der Waals surface area contributed by atoms with E-state index in [0.717, 1.165) is 23.2 Å². The molecule has 8 heteroatoms.